The molecule has 138 valence electrons. The molecule has 4 rings (SSSR count). The van der Waals surface area contributed by atoms with Crippen molar-refractivity contribution in [2.75, 3.05) is 25.0 Å². The average molecular weight is 361 g/mol. The molecule has 1 amide bonds. The largest absolute Gasteiger partial charge is 0.369 e. The number of aromatic nitrogens is 3. The SMILES string of the molecule is C=CC(=O)N1CCC[C@H](N(C)c2cnc3[nH]cc(-c4ccncc4)c3c2)C1. The Morgan fingerprint density at radius 2 is 2.22 bits per heavy atom. The van der Waals surface area contributed by atoms with E-state index in [1.165, 1.54) is 6.08 Å². The van der Waals surface area contributed by atoms with E-state index in [0.717, 1.165) is 47.2 Å². The van der Waals surface area contributed by atoms with Gasteiger partial charge >= 0.3 is 0 Å². The fourth-order valence-electron chi connectivity index (χ4n) is 3.77. The third kappa shape index (κ3) is 3.30. The van der Waals surface area contributed by atoms with Crippen molar-refractivity contribution in [3.63, 3.8) is 0 Å². The van der Waals surface area contributed by atoms with Crippen LogP contribution in [0.4, 0.5) is 5.69 Å². The highest BCUT2D eigenvalue weighted by Crippen LogP contribution is 2.31. The van der Waals surface area contributed by atoms with Gasteiger partial charge in [0, 0.05) is 55.7 Å². The second kappa shape index (κ2) is 7.23. The second-order valence-corrected chi connectivity index (χ2v) is 6.92. The lowest BCUT2D eigenvalue weighted by molar-refractivity contribution is -0.127. The van der Waals surface area contributed by atoms with Gasteiger partial charge in [0.2, 0.25) is 5.91 Å². The van der Waals surface area contributed by atoms with Crippen LogP contribution in [0.1, 0.15) is 12.8 Å². The molecular weight excluding hydrogens is 338 g/mol. The molecule has 1 atom stereocenters. The molecule has 27 heavy (non-hydrogen) atoms. The molecule has 3 aromatic rings. The van der Waals surface area contributed by atoms with Crippen molar-refractivity contribution in [2.45, 2.75) is 18.9 Å². The maximum atomic E-state index is 12.0. The maximum Gasteiger partial charge on any atom is 0.246 e. The number of piperidine rings is 1. The van der Waals surface area contributed by atoms with Gasteiger partial charge in [-0.1, -0.05) is 6.58 Å². The van der Waals surface area contributed by atoms with Gasteiger partial charge in [-0.25, -0.2) is 4.98 Å². The first-order valence-corrected chi connectivity index (χ1v) is 9.19. The lowest BCUT2D eigenvalue weighted by Gasteiger charge is -2.38. The van der Waals surface area contributed by atoms with E-state index in [1.807, 2.05) is 29.4 Å². The van der Waals surface area contributed by atoms with Crippen LogP contribution < -0.4 is 4.90 Å². The van der Waals surface area contributed by atoms with Crippen molar-refractivity contribution in [1.29, 1.82) is 0 Å². The van der Waals surface area contributed by atoms with Crippen molar-refractivity contribution in [1.82, 2.24) is 19.9 Å². The number of fused-ring (bicyclic) bond motifs is 1. The quantitative estimate of drug-likeness (QED) is 0.725. The molecule has 0 saturated carbocycles. The number of carbonyl (C=O) groups excluding carboxylic acids is 1. The highest BCUT2D eigenvalue weighted by molar-refractivity contribution is 5.95. The molecule has 1 saturated heterocycles. The number of carbonyl (C=O) groups is 1. The van der Waals surface area contributed by atoms with Gasteiger partial charge in [-0.3, -0.25) is 9.78 Å². The zero-order valence-corrected chi connectivity index (χ0v) is 15.4. The van der Waals surface area contributed by atoms with Crippen molar-refractivity contribution < 1.29 is 4.79 Å². The van der Waals surface area contributed by atoms with Crippen LogP contribution in [0.3, 0.4) is 0 Å². The maximum absolute atomic E-state index is 12.0. The number of H-pyrrole nitrogens is 1. The van der Waals surface area contributed by atoms with Crippen LogP contribution in [0.5, 0.6) is 0 Å². The summed E-state index contributed by atoms with van der Waals surface area (Å²) in [6.07, 6.45) is 10.9. The van der Waals surface area contributed by atoms with E-state index in [2.05, 4.69) is 39.5 Å². The Balaban J connectivity index is 1.63. The predicted octanol–water partition coefficient (Wildman–Crippen LogP) is 3.24. The smallest absolute Gasteiger partial charge is 0.246 e. The zero-order valence-electron chi connectivity index (χ0n) is 15.4. The summed E-state index contributed by atoms with van der Waals surface area (Å²) in [6, 6.07) is 6.44. The number of hydrogen-bond donors (Lipinski definition) is 1. The summed E-state index contributed by atoms with van der Waals surface area (Å²) in [6.45, 7) is 5.12. The first-order chi connectivity index (χ1) is 13.2. The fraction of sp³-hybridized carbons (Fsp3) is 0.286. The number of nitrogens with one attached hydrogen (secondary N) is 1. The molecule has 1 fully saturated rings. The molecule has 4 heterocycles. The minimum atomic E-state index is 0.00675. The lowest BCUT2D eigenvalue weighted by atomic mass is 10.0. The molecule has 1 aliphatic heterocycles. The monoisotopic (exact) mass is 361 g/mol. The normalized spacial score (nSPS) is 17.1. The Bertz CT molecular complexity index is 965. The summed E-state index contributed by atoms with van der Waals surface area (Å²) < 4.78 is 0. The minimum Gasteiger partial charge on any atom is -0.369 e. The number of likely N-dealkylation sites (tertiary alicyclic amines) is 1. The standard InChI is InChI=1S/C21H23N5O/c1-3-20(27)26-10-4-5-16(14-26)25(2)17-11-18-19(13-24-21(18)23-12-17)15-6-8-22-9-7-15/h3,6-9,11-13,16H,1,4-5,10,14H2,2H3,(H,23,24)/t16-/m0/s1. The van der Waals surface area contributed by atoms with Gasteiger partial charge < -0.3 is 14.8 Å². The summed E-state index contributed by atoms with van der Waals surface area (Å²) >= 11 is 0. The number of rotatable bonds is 4. The summed E-state index contributed by atoms with van der Waals surface area (Å²) in [5, 5.41) is 1.08. The Morgan fingerprint density at radius 3 is 3.00 bits per heavy atom. The summed E-state index contributed by atoms with van der Waals surface area (Å²) in [5.41, 5.74) is 4.14. The number of hydrogen-bond acceptors (Lipinski definition) is 4. The molecule has 0 aromatic carbocycles. The van der Waals surface area contributed by atoms with E-state index in [9.17, 15) is 4.79 Å². The van der Waals surface area contributed by atoms with Gasteiger partial charge in [0.05, 0.1) is 11.9 Å². The number of aromatic amines is 1. The molecule has 0 aliphatic carbocycles. The number of nitrogens with zero attached hydrogens (tertiary/aromatic N) is 4. The lowest BCUT2D eigenvalue weighted by Crippen LogP contribution is -2.48. The Labute approximate surface area is 158 Å². The second-order valence-electron chi connectivity index (χ2n) is 6.92. The molecule has 0 radical (unpaired) electrons. The Hall–Kier alpha value is -3.15. The van der Waals surface area contributed by atoms with Crippen LogP contribution in [0, 0.1) is 0 Å². The zero-order chi connectivity index (χ0) is 18.8. The minimum absolute atomic E-state index is 0.00675. The van der Waals surface area contributed by atoms with E-state index in [0.29, 0.717) is 6.54 Å². The van der Waals surface area contributed by atoms with Crippen LogP contribution in [-0.4, -0.2) is 51.9 Å². The van der Waals surface area contributed by atoms with Crippen LogP contribution in [0.15, 0.2) is 55.6 Å². The number of likely N-dealkylation sites (N-methyl/N-ethyl adjacent to an activating group) is 1. The van der Waals surface area contributed by atoms with Crippen molar-refractivity contribution >= 4 is 22.6 Å². The molecule has 0 spiro atoms. The van der Waals surface area contributed by atoms with Crippen LogP contribution in [-0.2, 0) is 4.79 Å². The third-order valence-electron chi connectivity index (χ3n) is 5.35. The highest BCUT2D eigenvalue weighted by Gasteiger charge is 2.25. The molecule has 1 N–H and O–H groups in total. The third-order valence-corrected chi connectivity index (χ3v) is 5.35. The number of amides is 1. The average Bonchev–Trinajstić information content (AvgIpc) is 3.16. The molecule has 6 heteroatoms. The van der Waals surface area contributed by atoms with Crippen LogP contribution in [0.2, 0.25) is 0 Å². The van der Waals surface area contributed by atoms with E-state index in [-0.39, 0.29) is 11.9 Å². The van der Waals surface area contributed by atoms with Gasteiger partial charge in [0.1, 0.15) is 5.65 Å². The van der Waals surface area contributed by atoms with E-state index < -0.39 is 0 Å². The van der Waals surface area contributed by atoms with Gasteiger partial charge in [-0.15, -0.1) is 0 Å². The molecule has 1 aliphatic rings. The van der Waals surface area contributed by atoms with Gasteiger partial charge in [-0.2, -0.15) is 0 Å². The highest BCUT2D eigenvalue weighted by atomic mass is 16.2. The predicted molar refractivity (Wildman–Crippen MR) is 108 cm³/mol. The van der Waals surface area contributed by atoms with Crippen LogP contribution in [0.25, 0.3) is 22.2 Å². The molecule has 0 unspecified atom stereocenters. The van der Waals surface area contributed by atoms with E-state index >= 15 is 0 Å². The van der Waals surface area contributed by atoms with Crippen molar-refractivity contribution in [2.24, 2.45) is 0 Å². The molecular formula is C21H23N5O. The first-order valence-electron chi connectivity index (χ1n) is 9.19. The van der Waals surface area contributed by atoms with Crippen molar-refractivity contribution in [3.8, 4) is 11.1 Å². The molecule has 3 aromatic heterocycles. The molecule has 0 bridgehead atoms. The summed E-state index contributed by atoms with van der Waals surface area (Å²) in [4.78, 5) is 28.0. The van der Waals surface area contributed by atoms with E-state index in [1.54, 1.807) is 12.4 Å². The number of pyridine rings is 2. The van der Waals surface area contributed by atoms with Crippen LogP contribution >= 0.6 is 0 Å². The van der Waals surface area contributed by atoms with Gasteiger partial charge in [0.15, 0.2) is 0 Å². The summed E-state index contributed by atoms with van der Waals surface area (Å²) in [7, 11) is 2.08. The Morgan fingerprint density at radius 1 is 1.41 bits per heavy atom. The van der Waals surface area contributed by atoms with Gasteiger partial charge in [0.25, 0.3) is 0 Å². The fourth-order valence-corrected chi connectivity index (χ4v) is 3.77. The topological polar surface area (TPSA) is 65.1 Å². The van der Waals surface area contributed by atoms with Gasteiger partial charge in [-0.05, 0) is 42.7 Å². The number of anilines is 1. The first kappa shape index (κ1) is 17.3. The molecule has 6 nitrogen and oxygen atoms in total. The Kier molecular flexibility index (Phi) is 4.62. The van der Waals surface area contributed by atoms with Crippen molar-refractivity contribution in [3.05, 3.63) is 55.6 Å². The summed E-state index contributed by atoms with van der Waals surface area (Å²) in [5.74, 6) is 0.00675. The van der Waals surface area contributed by atoms with E-state index in [4.69, 9.17) is 0 Å².